The molecule has 0 aliphatic rings. The molecule has 1 unspecified atom stereocenters. The highest BCUT2D eigenvalue weighted by molar-refractivity contribution is 6.37. The van der Waals surface area contributed by atoms with Gasteiger partial charge in [-0.15, -0.1) is 0 Å². The molecule has 0 aliphatic carbocycles. The molecule has 0 aliphatic heterocycles. The van der Waals surface area contributed by atoms with Crippen LogP contribution in [0.3, 0.4) is 0 Å². The van der Waals surface area contributed by atoms with E-state index in [4.69, 9.17) is 47.9 Å². The van der Waals surface area contributed by atoms with Crippen LogP contribution in [0.4, 0.5) is 0 Å². The van der Waals surface area contributed by atoms with Gasteiger partial charge in [0, 0.05) is 11.5 Å². The van der Waals surface area contributed by atoms with Gasteiger partial charge in [0.15, 0.2) is 5.75 Å². The first-order valence-electron chi connectivity index (χ1n) is 13.2. The molecule has 0 saturated carbocycles. The number of ether oxygens (including phenoxy) is 4. The molecule has 0 heterocycles. The van der Waals surface area contributed by atoms with E-state index in [-0.39, 0.29) is 5.92 Å². The molecule has 7 heteroatoms. The maximum atomic E-state index is 6.25. The number of rotatable bonds is 12. The summed E-state index contributed by atoms with van der Waals surface area (Å²) >= 11 is 12.5. The van der Waals surface area contributed by atoms with Crippen LogP contribution in [0.15, 0.2) is 72.8 Å². The zero-order valence-corrected chi connectivity index (χ0v) is 24.8. The van der Waals surface area contributed by atoms with E-state index in [1.165, 1.54) is 16.7 Å². The molecule has 5 nitrogen and oxygen atoms in total. The Bertz CT molecular complexity index is 1420. The van der Waals surface area contributed by atoms with E-state index in [2.05, 4.69) is 37.3 Å². The lowest BCUT2D eigenvalue weighted by atomic mass is 9.87. The number of nitrogens with two attached hydrogens (primary N) is 1. The van der Waals surface area contributed by atoms with Crippen molar-refractivity contribution in [2.75, 3.05) is 34.0 Å². The largest absolute Gasteiger partial charge is 0.497 e. The van der Waals surface area contributed by atoms with Gasteiger partial charge in [0.2, 0.25) is 0 Å². The van der Waals surface area contributed by atoms with Crippen molar-refractivity contribution in [1.29, 1.82) is 0 Å². The number of hydrogen-bond acceptors (Lipinski definition) is 5. The maximum absolute atomic E-state index is 6.25. The standard InChI is InChI=1S/C33H35Cl2NO4/c1-21-15-30(34)33(31(35)16-21)40-14-13-39-26-8-5-23(6-9-26)18-25(20-36)28-11-7-24(17-22(28)2)29-19-27(37-3)10-12-32(29)38-4/h5-12,15-17,19,25H,13-14,18,20,36H2,1-4H3. The Morgan fingerprint density at radius 3 is 2.05 bits per heavy atom. The van der Waals surface area contributed by atoms with E-state index in [9.17, 15) is 0 Å². The van der Waals surface area contributed by atoms with E-state index >= 15 is 0 Å². The third kappa shape index (κ3) is 7.22. The Balaban J connectivity index is 1.37. The fourth-order valence-corrected chi connectivity index (χ4v) is 5.50. The normalized spacial score (nSPS) is 11.7. The molecule has 210 valence electrons. The summed E-state index contributed by atoms with van der Waals surface area (Å²) in [4.78, 5) is 0. The van der Waals surface area contributed by atoms with Gasteiger partial charge in [-0.3, -0.25) is 0 Å². The number of benzene rings is 4. The van der Waals surface area contributed by atoms with Crippen molar-refractivity contribution in [2.24, 2.45) is 5.73 Å². The van der Waals surface area contributed by atoms with Crippen LogP contribution < -0.4 is 24.7 Å². The number of halogens is 2. The van der Waals surface area contributed by atoms with Gasteiger partial charge in [0.1, 0.15) is 30.5 Å². The molecule has 0 spiro atoms. The second-order valence-electron chi connectivity index (χ2n) is 9.67. The van der Waals surface area contributed by atoms with Crippen molar-refractivity contribution in [2.45, 2.75) is 26.2 Å². The van der Waals surface area contributed by atoms with Gasteiger partial charge in [-0.2, -0.15) is 0 Å². The summed E-state index contributed by atoms with van der Waals surface area (Å²) in [5, 5.41) is 0.988. The van der Waals surface area contributed by atoms with Crippen molar-refractivity contribution < 1.29 is 18.9 Å². The Kier molecular flexibility index (Phi) is 10.2. The molecule has 0 saturated heterocycles. The molecule has 40 heavy (non-hydrogen) atoms. The maximum Gasteiger partial charge on any atom is 0.156 e. The number of hydrogen-bond donors (Lipinski definition) is 1. The van der Waals surface area contributed by atoms with Crippen LogP contribution in [0.5, 0.6) is 23.0 Å². The molecular formula is C33H35Cl2NO4. The van der Waals surface area contributed by atoms with E-state index < -0.39 is 0 Å². The summed E-state index contributed by atoms with van der Waals surface area (Å²) in [7, 11) is 3.34. The topological polar surface area (TPSA) is 62.9 Å². The summed E-state index contributed by atoms with van der Waals surface area (Å²) in [5.41, 5.74) is 12.9. The van der Waals surface area contributed by atoms with Gasteiger partial charge in [-0.1, -0.05) is 53.5 Å². The first-order valence-corrected chi connectivity index (χ1v) is 13.9. The molecule has 4 aromatic carbocycles. The lowest BCUT2D eigenvalue weighted by Crippen LogP contribution is -2.16. The zero-order valence-electron chi connectivity index (χ0n) is 23.3. The molecular weight excluding hydrogens is 545 g/mol. The van der Waals surface area contributed by atoms with Gasteiger partial charge in [-0.25, -0.2) is 0 Å². The Morgan fingerprint density at radius 2 is 1.43 bits per heavy atom. The fraction of sp³-hybridized carbons (Fsp3) is 0.273. The van der Waals surface area contributed by atoms with Crippen LogP contribution in [-0.2, 0) is 6.42 Å². The lowest BCUT2D eigenvalue weighted by molar-refractivity contribution is 0.217. The SMILES string of the molecule is COc1ccc(OC)c(-c2ccc(C(CN)Cc3ccc(OCCOc4c(Cl)cc(C)cc4Cl)cc3)c(C)c2)c1. The molecule has 0 radical (unpaired) electrons. The number of aryl methyl sites for hydroxylation is 2. The molecule has 4 aromatic rings. The Labute approximate surface area is 246 Å². The van der Waals surface area contributed by atoms with Crippen LogP contribution in [-0.4, -0.2) is 34.0 Å². The van der Waals surface area contributed by atoms with E-state index in [0.717, 1.165) is 40.4 Å². The number of methoxy groups -OCH3 is 2. The summed E-state index contributed by atoms with van der Waals surface area (Å²) in [5.74, 6) is 3.03. The van der Waals surface area contributed by atoms with Gasteiger partial charge in [0.25, 0.3) is 0 Å². The quantitative estimate of drug-likeness (QED) is 0.172. The summed E-state index contributed by atoms with van der Waals surface area (Å²) in [6.45, 7) is 5.31. The predicted octanol–water partition coefficient (Wildman–Crippen LogP) is 8.04. The molecule has 2 N–H and O–H groups in total. The third-order valence-corrected chi connectivity index (χ3v) is 7.42. The molecule has 1 atom stereocenters. The molecule has 0 bridgehead atoms. The highest BCUT2D eigenvalue weighted by Crippen LogP contribution is 2.36. The molecule has 4 rings (SSSR count). The van der Waals surface area contributed by atoms with Crippen molar-refractivity contribution in [3.8, 4) is 34.1 Å². The van der Waals surface area contributed by atoms with Gasteiger partial charge < -0.3 is 24.7 Å². The van der Waals surface area contributed by atoms with Crippen molar-refractivity contribution in [3.63, 3.8) is 0 Å². The van der Waals surface area contributed by atoms with Crippen LogP contribution in [0, 0.1) is 13.8 Å². The van der Waals surface area contributed by atoms with Gasteiger partial charge in [-0.05, 0) is 97.1 Å². The van der Waals surface area contributed by atoms with Crippen LogP contribution >= 0.6 is 23.2 Å². The molecule has 0 amide bonds. The summed E-state index contributed by atoms with van der Waals surface area (Å²) in [6, 6.07) is 24.1. The molecule has 0 fully saturated rings. The third-order valence-electron chi connectivity index (χ3n) is 6.86. The highest BCUT2D eigenvalue weighted by Gasteiger charge is 2.16. The van der Waals surface area contributed by atoms with Crippen molar-refractivity contribution in [1.82, 2.24) is 0 Å². The predicted molar refractivity (Wildman–Crippen MR) is 164 cm³/mol. The van der Waals surface area contributed by atoms with Gasteiger partial charge in [0.05, 0.1) is 24.3 Å². The van der Waals surface area contributed by atoms with Crippen molar-refractivity contribution >= 4 is 23.2 Å². The van der Waals surface area contributed by atoms with E-state index in [1.54, 1.807) is 14.2 Å². The smallest absolute Gasteiger partial charge is 0.156 e. The second kappa shape index (κ2) is 13.8. The monoisotopic (exact) mass is 579 g/mol. The summed E-state index contributed by atoms with van der Waals surface area (Å²) in [6.07, 6.45) is 0.826. The van der Waals surface area contributed by atoms with E-state index in [0.29, 0.717) is 35.6 Å². The first kappa shape index (κ1) is 29.6. The second-order valence-corrected chi connectivity index (χ2v) is 10.5. The minimum atomic E-state index is 0.186. The Hall–Kier alpha value is -3.38. The van der Waals surface area contributed by atoms with Crippen LogP contribution in [0.25, 0.3) is 11.1 Å². The fourth-order valence-electron chi connectivity index (χ4n) is 4.80. The summed E-state index contributed by atoms with van der Waals surface area (Å²) < 4.78 is 22.6. The average Bonchev–Trinajstić information content (AvgIpc) is 2.95. The Morgan fingerprint density at radius 1 is 0.750 bits per heavy atom. The minimum absolute atomic E-state index is 0.186. The van der Waals surface area contributed by atoms with Crippen LogP contribution in [0.1, 0.15) is 28.2 Å². The van der Waals surface area contributed by atoms with Crippen LogP contribution in [0.2, 0.25) is 10.0 Å². The molecule has 0 aromatic heterocycles. The van der Waals surface area contributed by atoms with Crippen molar-refractivity contribution in [3.05, 3.63) is 105 Å². The van der Waals surface area contributed by atoms with E-state index in [1.807, 2.05) is 49.4 Å². The zero-order chi connectivity index (χ0) is 28.6. The highest BCUT2D eigenvalue weighted by atomic mass is 35.5. The average molecular weight is 581 g/mol. The lowest BCUT2D eigenvalue weighted by Gasteiger charge is -2.20. The first-order chi connectivity index (χ1) is 19.3. The minimum Gasteiger partial charge on any atom is -0.497 e. The van der Waals surface area contributed by atoms with Gasteiger partial charge >= 0.3 is 0 Å².